The molecule has 0 aliphatic carbocycles. The van der Waals surface area contributed by atoms with Gasteiger partial charge in [0.05, 0.1) is 6.61 Å². The highest BCUT2D eigenvalue weighted by molar-refractivity contribution is 5.82. The second-order valence-corrected chi connectivity index (χ2v) is 7.20. The molecule has 0 bridgehead atoms. The minimum absolute atomic E-state index is 0.153. The predicted octanol–water partition coefficient (Wildman–Crippen LogP) is 3.96. The van der Waals surface area contributed by atoms with Crippen LogP contribution in [0.4, 0.5) is 0 Å². The number of likely N-dealkylation sites (tertiary alicyclic amines) is 1. The number of aromatic nitrogens is 2. The van der Waals surface area contributed by atoms with Crippen LogP contribution in [0, 0.1) is 0 Å². The zero-order valence-electron chi connectivity index (χ0n) is 16.1. The van der Waals surface area contributed by atoms with Gasteiger partial charge in [-0.15, -0.1) is 0 Å². The maximum atomic E-state index is 12.7. The third kappa shape index (κ3) is 4.16. The van der Waals surface area contributed by atoms with Crippen LogP contribution in [0.2, 0.25) is 0 Å². The summed E-state index contributed by atoms with van der Waals surface area (Å²) in [4.78, 5) is 19.3. The number of nitrogens with zero attached hydrogens (tertiary/aromatic N) is 3. The molecule has 1 atom stereocenters. The number of amides is 1. The van der Waals surface area contributed by atoms with E-state index in [0.29, 0.717) is 31.1 Å². The quantitative estimate of drug-likeness (QED) is 0.648. The number of pyridine rings is 1. The number of carbonyl (C=O) groups excluding carboxylic acids is 1. The third-order valence-corrected chi connectivity index (χ3v) is 5.26. The normalized spacial score (nSPS) is 17.0. The molecule has 6 nitrogen and oxygen atoms in total. The number of carbonyl (C=O) groups is 1. The maximum absolute atomic E-state index is 12.7. The van der Waals surface area contributed by atoms with Crippen molar-refractivity contribution in [3.05, 3.63) is 54.0 Å². The Bertz CT molecular complexity index is 953. The van der Waals surface area contributed by atoms with Gasteiger partial charge in [-0.05, 0) is 36.4 Å². The minimum Gasteiger partial charge on any atom is -0.476 e. The Morgan fingerprint density at radius 1 is 1.29 bits per heavy atom. The first kappa shape index (κ1) is 18.5. The lowest BCUT2D eigenvalue weighted by Gasteiger charge is -2.32. The predicted molar refractivity (Wildman–Crippen MR) is 106 cm³/mol. The van der Waals surface area contributed by atoms with Crippen molar-refractivity contribution >= 4 is 16.7 Å². The first-order valence-electron chi connectivity index (χ1n) is 9.94. The molecule has 1 aliphatic heterocycles. The zero-order valence-corrected chi connectivity index (χ0v) is 16.1. The summed E-state index contributed by atoms with van der Waals surface area (Å²) in [7, 11) is 0. The summed E-state index contributed by atoms with van der Waals surface area (Å²) >= 11 is 0. The lowest BCUT2D eigenvalue weighted by molar-refractivity contribution is -0.132. The highest BCUT2D eigenvalue weighted by Gasteiger charge is 2.25. The first-order chi connectivity index (χ1) is 13.7. The van der Waals surface area contributed by atoms with Gasteiger partial charge in [0.1, 0.15) is 5.76 Å². The van der Waals surface area contributed by atoms with Gasteiger partial charge in [-0.1, -0.05) is 24.3 Å². The van der Waals surface area contributed by atoms with Crippen molar-refractivity contribution in [3.63, 3.8) is 0 Å². The summed E-state index contributed by atoms with van der Waals surface area (Å²) in [5, 5.41) is 6.19. The maximum Gasteiger partial charge on any atom is 0.254 e. The van der Waals surface area contributed by atoms with E-state index in [1.54, 1.807) is 6.07 Å². The Morgan fingerprint density at radius 3 is 3.00 bits per heavy atom. The summed E-state index contributed by atoms with van der Waals surface area (Å²) < 4.78 is 10.5. The summed E-state index contributed by atoms with van der Waals surface area (Å²) in [6.45, 7) is 3.98. The zero-order chi connectivity index (χ0) is 19.3. The molecular formula is C22H25N3O3. The Labute approximate surface area is 164 Å². The lowest BCUT2D eigenvalue weighted by Crippen LogP contribution is -2.39. The number of hydrogen-bond acceptors (Lipinski definition) is 5. The number of rotatable bonds is 6. The molecule has 3 aromatic rings. The van der Waals surface area contributed by atoms with Gasteiger partial charge in [-0.25, -0.2) is 0 Å². The van der Waals surface area contributed by atoms with Crippen molar-refractivity contribution in [1.82, 2.24) is 15.0 Å². The van der Waals surface area contributed by atoms with Crippen LogP contribution in [0.15, 0.2) is 47.1 Å². The van der Waals surface area contributed by atoms with Crippen LogP contribution in [0.25, 0.3) is 10.8 Å². The molecule has 0 saturated carbocycles. The molecule has 1 unspecified atom stereocenters. The molecule has 2 aromatic heterocycles. The smallest absolute Gasteiger partial charge is 0.254 e. The minimum atomic E-state index is 0.153. The summed E-state index contributed by atoms with van der Waals surface area (Å²) in [6.07, 6.45) is 4.95. The second-order valence-electron chi connectivity index (χ2n) is 7.20. The number of ether oxygens (including phenoxy) is 1. The van der Waals surface area contributed by atoms with Crippen LogP contribution in [0.3, 0.4) is 0 Å². The summed E-state index contributed by atoms with van der Waals surface area (Å²) in [5.74, 6) is 1.60. The Balaban J connectivity index is 1.37. The molecule has 4 rings (SSSR count). The van der Waals surface area contributed by atoms with Crippen molar-refractivity contribution in [2.75, 3.05) is 19.7 Å². The monoisotopic (exact) mass is 379 g/mol. The van der Waals surface area contributed by atoms with E-state index >= 15 is 0 Å². The van der Waals surface area contributed by atoms with Crippen molar-refractivity contribution in [1.29, 1.82) is 0 Å². The summed E-state index contributed by atoms with van der Waals surface area (Å²) in [5.41, 5.74) is 1.08. The molecule has 0 radical (unpaired) electrons. The molecular weight excluding hydrogens is 354 g/mol. The number of benzene rings is 1. The van der Waals surface area contributed by atoms with E-state index in [2.05, 4.69) is 28.3 Å². The lowest BCUT2D eigenvalue weighted by atomic mass is 9.93. The van der Waals surface area contributed by atoms with Crippen molar-refractivity contribution in [2.45, 2.75) is 38.5 Å². The van der Waals surface area contributed by atoms with Gasteiger partial charge in [0, 0.05) is 55.2 Å². The fourth-order valence-electron chi connectivity index (χ4n) is 3.78. The van der Waals surface area contributed by atoms with E-state index < -0.39 is 0 Å². The van der Waals surface area contributed by atoms with Gasteiger partial charge in [-0.2, -0.15) is 0 Å². The van der Waals surface area contributed by atoms with Crippen molar-refractivity contribution in [2.24, 2.45) is 0 Å². The number of hydrogen-bond donors (Lipinski definition) is 0. The van der Waals surface area contributed by atoms with E-state index in [4.69, 9.17) is 9.26 Å². The van der Waals surface area contributed by atoms with Crippen LogP contribution in [0.5, 0.6) is 5.88 Å². The average molecular weight is 379 g/mol. The van der Waals surface area contributed by atoms with Crippen LogP contribution < -0.4 is 4.74 Å². The van der Waals surface area contributed by atoms with Gasteiger partial charge in [0.2, 0.25) is 5.91 Å². The van der Waals surface area contributed by atoms with Crippen LogP contribution in [0.1, 0.15) is 43.6 Å². The van der Waals surface area contributed by atoms with Crippen LogP contribution in [-0.2, 0) is 11.2 Å². The van der Waals surface area contributed by atoms with Gasteiger partial charge in [-0.3, -0.25) is 9.78 Å². The Hall–Kier alpha value is -2.89. The fourth-order valence-corrected chi connectivity index (χ4v) is 3.78. The summed E-state index contributed by atoms with van der Waals surface area (Å²) in [6, 6.07) is 12.2. The van der Waals surface area contributed by atoms with Crippen LogP contribution in [-0.4, -0.2) is 40.6 Å². The molecule has 3 heterocycles. The van der Waals surface area contributed by atoms with E-state index in [1.165, 1.54) is 5.39 Å². The van der Waals surface area contributed by atoms with Crippen molar-refractivity contribution in [3.8, 4) is 5.88 Å². The van der Waals surface area contributed by atoms with Gasteiger partial charge in [0.25, 0.3) is 5.88 Å². The molecule has 1 amide bonds. The van der Waals surface area contributed by atoms with E-state index in [0.717, 1.165) is 37.0 Å². The van der Waals surface area contributed by atoms with Crippen molar-refractivity contribution < 1.29 is 14.1 Å². The van der Waals surface area contributed by atoms with Crippen LogP contribution >= 0.6 is 0 Å². The van der Waals surface area contributed by atoms with Gasteiger partial charge >= 0.3 is 0 Å². The highest BCUT2D eigenvalue weighted by atomic mass is 16.5. The largest absolute Gasteiger partial charge is 0.476 e. The number of fused-ring (bicyclic) bond motifs is 1. The SMILES string of the molecule is CCOc1cc(CCC(=O)N2CCCC(c3cc4ccccc4cn3)C2)on1. The average Bonchev–Trinajstić information content (AvgIpc) is 3.19. The molecule has 6 heteroatoms. The van der Waals surface area contributed by atoms with E-state index in [-0.39, 0.29) is 11.8 Å². The standard InChI is InChI=1S/C22H25N3O3/c1-2-27-21-13-19(28-24-21)9-10-22(26)25-11-5-8-18(15-25)20-12-16-6-3-4-7-17(16)14-23-20/h3-4,6-7,12-14,18H,2,5,8-11,15H2,1H3. The molecule has 1 aromatic carbocycles. The first-order valence-corrected chi connectivity index (χ1v) is 9.94. The molecule has 1 fully saturated rings. The Kier molecular flexibility index (Phi) is 5.55. The van der Waals surface area contributed by atoms with Gasteiger partial charge < -0.3 is 14.2 Å². The molecule has 1 aliphatic rings. The molecule has 146 valence electrons. The third-order valence-electron chi connectivity index (χ3n) is 5.26. The highest BCUT2D eigenvalue weighted by Crippen LogP contribution is 2.28. The number of piperidine rings is 1. The van der Waals surface area contributed by atoms with Gasteiger partial charge in [0.15, 0.2) is 0 Å². The molecule has 28 heavy (non-hydrogen) atoms. The topological polar surface area (TPSA) is 68.5 Å². The Morgan fingerprint density at radius 2 is 2.14 bits per heavy atom. The van der Waals surface area contributed by atoms with E-state index in [1.807, 2.05) is 30.2 Å². The second kappa shape index (κ2) is 8.42. The molecule has 0 N–H and O–H groups in total. The molecule has 1 saturated heterocycles. The molecule has 0 spiro atoms. The van der Waals surface area contributed by atoms with E-state index in [9.17, 15) is 4.79 Å². The fraction of sp³-hybridized carbons (Fsp3) is 0.409. The number of aryl methyl sites for hydroxylation is 1.